The van der Waals surface area contributed by atoms with Gasteiger partial charge < -0.3 is 14.7 Å². The third-order valence-corrected chi connectivity index (χ3v) is 4.41. The number of halogens is 3. The van der Waals surface area contributed by atoms with Crippen LogP contribution in [0.5, 0.6) is 0 Å². The zero-order chi connectivity index (χ0) is 22.2. The Labute approximate surface area is 172 Å². The van der Waals surface area contributed by atoms with Gasteiger partial charge >= 0.3 is 12.1 Å². The summed E-state index contributed by atoms with van der Waals surface area (Å²) >= 11 is 0. The van der Waals surface area contributed by atoms with Crippen LogP contribution in [0.1, 0.15) is 17.4 Å². The van der Waals surface area contributed by atoms with Gasteiger partial charge in [-0.05, 0) is 17.7 Å². The minimum Gasteiger partial charge on any atom is -0.479 e. The lowest BCUT2D eigenvalue weighted by molar-refractivity contribution is -0.147. The SMILES string of the molecule is O=C(O)[C@@H](O)c1ccc(-c2noc(-c3cnn(-c4ccccc4)c3C(F)(F)F)n2)cc1. The molecule has 0 saturated heterocycles. The monoisotopic (exact) mass is 430 g/mol. The normalized spacial score (nSPS) is 12.6. The summed E-state index contributed by atoms with van der Waals surface area (Å²) in [7, 11) is 0. The van der Waals surface area contributed by atoms with Crippen molar-refractivity contribution in [2.45, 2.75) is 12.3 Å². The van der Waals surface area contributed by atoms with Crippen LogP contribution in [0.25, 0.3) is 28.5 Å². The summed E-state index contributed by atoms with van der Waals surface area (Å²) in [6, 6.07) is 13.4. The van der Waals surface area contributed by atoms with Crippen LogP contribution < -0.4 is 0 Å². The van der Waals surface area contributed by atoms with Crippen LogP contribution in [0.15, 0.2) is 65.3 Å². The summed E-state index contributed by atoms with van der Waals surface area (Å²) < 4.78 is 47.2. The minimum atomic E-state index is -4.75. The van der Waals surface area contributed by atoms with Crippen molar-refractivity contribution in [3.63, 3.8) is 0 Å². The van der Waals surface area contributed by atoms with Gasteiger partial charge in [-0.25, -0.2) is 9.48 Å². The van der Waals surface area contributed by atoms with Crippen molar-refractivity contribution in [2.24, 2.45) is 0 Å². The molecule has 0 saturated carbocycles. The Kier molecular flexibility index (Phi) is 5.03. The number of nitrogens with zero attached hydrogens (tertiary/aromatic N) is 4. The summed E-state index contributed by atoms with van der Waals surface area (Å²) in [5.41, 5.74) is -0.737. The van der Waals surface area contributed by atoms with Crippen molar-refractivity contribution in [3.8, 4) is 28.5 Å². The zero-order valence-electron chi connectivity index (χ0n) is 15.5. The number of carbonyl (C=O) groups is 1. The molecule has 0 aliphatic rings. The highest BCUT2D eigenvalue weighted by Crippen LogP contribution is 2.38. The average molecular weight is 430 g/mol. The van der Waals surface area contributed by atoms with E-state index in [2.05, 4.69) is 15.2 Å². The van der Waals surface area contributed by atoms with Gasteiger partial charge in [0.25, 0.3) is 5.89 Å². The van der Waals surface area contributed by atoms with Gasteiger partial charge in [-0.3, -0.25) is 0 Å². The summed E-state index contributed by atoms with van der Waals surface area (Å²) in [4.78, 5) is 14.9. The van der Waals surface area contributed by atoms with Gasteiger partial charge in [0.15, 0.2) is 11.8 Å². The molecule has 0 spiro atoms. The Morgan fingerprint density at radius 1 is 1.06 bits per heavy atom. The number of benzene rings is 2. The predicted molar refractivity (Wildman–Crippen MR) is 99.9 cm³/mol. The number of carboxylic acid groups (broad SMARTS) is 1. The maximum atomic E-state index is 13.8. The van der Waals surface area contributed by atoms with Gasteiger partial charge in [0.2, 0.25) is 5.82 Å². The van der Waals surface area contributed by atoms with Crippen molar-refractivity contribution >= 4 is 5.97 Å². The average Bonchev–Trinajstić information content (AvgIpc) is 3.41. The topological polar surface area (TPSA) is 114 Å². The summed E-state index contributed by atoms with van der Waals surface area (Å²) in [6.07, 6.45) is -5.45. The van der Waals surface area contributed by atoms with Crippen molar-refractivity contribution < 1.29 is 32.7 Å². The first-order chi connectivity index (χ1) is 14.8. The van der Waals surface area contributed by atoms with Gasteiger partial charge in [-0.2, -0.15) is 23.3 Å². The third kappa shape index (κ3) is 3.90. The van der Waals surface area contributed by atoms with Crippen LogP contribution in [0.4, 0.5) is 13.2 Å². The summed E-state index contributed by atoms with van der Waals surface area (Å²) in [5.74, 6) is -1.80. The second-order valence-corrected chi connectivity index (χ2v) is 6.44. The molecule has 2 aromatic heterocycles. The maximum Gasteiger partial charge on any atom is 0.434 e. The number of aliphatic hydroxyl groups excluding tert-OH is 1. The number of carboxylic acids is 1. The molecule has 158 valence electrons. The smallest absolute Gasteiger partial charge is 0.434 e. The molecule has 0 fully saturated rings. The highest BCUT2D eigenvalue weighted by molar-refractivity contribution is 5.74. The lowest BCUT2D eigenvalue weighted by Gasteiger charge is -2.11. The number of para-hydroxylation sites is 1. The highest BCUT2D eigenvalue weighted by atomic mass is 19.4. The largest absolute Gasteiger partial charge is 0.479 e. The van der Waals surface area contributed by atoms with Gasteiger partial charge in [0.1, 0.15) is 0 Å². The van der Waals surface area contributed by atoms with E-state index in [9.17, 15) is 23.1 Å². The van der Waals surface area contributed by atoms with Crippen molar-refractivity contribution in [3.05, 3.63) is 72.1 Å². The summed E-state index contributed by atoms with van der Waals surface area (Å²) in [5, 5.41) is 25.9. The fourth-order valence-electron chi connectivity index (χ4n) is 2.95. The van der Waals surface area contributed by atoms with Crippen LogP contribution in [0.3, 0.4) is 0 Å². The number of hydrogen-bond donors (Lipinski definition) is 2. The molecule has 11 heteroatoms. The first-order valence-electron chi connectivity index (χ1n) is 8.81. The van der Waals surface area contributed by atoms with E-state index in [0.29, 0.717) is 5.56 Å². The summed E-state index contributed by atoms with van der Waals surface area (Å²) in [6.45, 7) is 0. The number of aliphatic carboxylic acids is 1. The molecular formula is C20H13F3N4O4. The molecule has 0 radical (unpaired) electrons. The van der Waals surface area contributed by atoms with E-state index in [4.69, 9.17) is 9.63 Å². The van der Waals surface area contributed by atoms with Crippen LogP contribution in [-0.4, -0.2) is 36.1 Å². The van der Waals surface area contributed by atoms with Crippen molar-refractivity contribution in [1.82, 2.24) is 19.9 Å². The standard InChI is InChI=1S/C20H13F3N4O4/c21-20(22,23)16-14(10-24-27(16)13-4-2-1-3-5-13)18-25-17(26-31-18)12-8-6-11(7-9-12)15(28)19(29)30/h1-10,15,28H,(H,29,30)/t15-/m0/s1. The number of alkyl halides is 3. The lowest BCUT2D eigenvalue weighted by Crippen LogP contribution is -2.14. The molecule has 2 N–H and O–H groups in total. The fraction of sp³-hybridized carbons (Fsp3) is 0.100. The number of aliphatic hydroxyl groups is 1. The Bertz CT molecular complexity index is 1220. The van der Waals surface area contributed by atoms with E-state index in [-0.39, 0.29) is 28.5 Å². The minimum absolute atomic E-state index is 0.00745. The molecule has 4 rings (SSSR count). The van der Waals surface area contributed by atoms with Crippen molar-refractivity contribution in [2.75, 3.05) is 0 Å². The van der Waals surface area contributed by atoms with Crippen LogP contribution >= 0.6 is 0 Å². The molecule has 4 aromatic rings. The van der Waals surface area contributed by atoms with E-state index in [0.717, 1.165) is 10.9 Å². The molecule has 31 heavy (non-hydrogen) atoms. The van der Waals surface area contributed by atoms with E-state index in [1.54, 1.807) is 18.2 Å². The lowest BCUT2D eigenvalue weighted by atomic mass is 10.1. The highest BCUT2D eigenvalue weighted by Gasteiger charge is 2.40. The van der Waals surface area contributed by atoms with E-state index in [1.165, 1.54) is 36.4 Å². The molecule has 0 unspecified atom stereocenters. The second-order valence-electron chi connectivity index (χ2n) is 6.44. The predicted octanol–water partition coefficient (Wildman–Crippen LogP) is 3.73. The van der Waals surface area contributed by atoms with Gasteiger partial charge in [-0.15, -0.1) is 0 Å². The van der Waals surface area contributed by atoms with Crippen LogP contribution in [-0.2, 0) is 11.0 Å². The van der Waals surface area contributed by atoms with Crippen molar-refractivity contribution in [1.29, 1.82) is 0 Å². The first kappa shape index (κ1) is 20.3. The van der Waals surface area contributed by atoms with E-state index in [1.807, 2.05) is 0 Å². The Balaban J connectivity index is 1.71. The molecule has 0 bridgehead atoms. The molecule has 1 atom stereocenters. The number of aromatic nitrogens is 4. The molecule has 0 aliphatic heterocycles. The van der Waals surface area contributed by atoms with Gasteiger partial charge in [-0.1, -0.05) is 47.6 Å². The maximum absolute atomic E-state index is 13.8. The van der Waals surface area contributed by atoms with Gasteiger partial charge in [0.05, 0.1) is 17.4 Å². The van der Waals surface area contributed by atoms with Crippen LogP contribution in [0.2, 0.25) is 0 Å². The molecule has 0 amide bonds. The number of rotatable bonds is 5. The molecule has 8 nitrogen and oxygen atoms in total. The van der Waals surface area contributed by atoms with E-state index >= 15 is 0 Å². The van der Waals surface area contributed by atoms with E-state index < -0.39 is 23.9 Å². The molecular weight excluding hydrogens is 417 g/mol. The Morgan fingerprint density at radius 3 is 2.35 bits per heavy atom. The van der Waals surface area contributed by atoms with Gasteiger partial charge in [0, 0.05) is 5.56 Å². The quantitative estimate of drug-likeness (QED) is 0.496. The Morgan fingerprint density at radius 2 is 1.74 bits per heavy atom. The second kappa shape index (κ2) is 7.69. The molecule has 0 aliphatic carbocycles. The zero-order valence-corrected chi connectivity index (χ0v) is 15.5. The molecule has 2 heterocycles. The molecule has 2 aromatic carbocycles. The first-order valence-corrected chi connectivity index (χ1v) is 8.81. The number of hydrogen-bond acceptors (Lipinski definition) is 6. The van der Waals surface area contributed by atoms with Crippen LogP contribution in [0, 0.1) is 0 Å². The Hall–Kier alpha value is -3.99. The third-order valence-electron chi connectivity index (χ3n) is 4.41. The fourth-order valence-corrected chi connectivity index (χ4v) is 2.95.